The molecule has 3 aliphatic rings. The van der Waals surface area contributed by atoms with Gasteiger partial charge in [0.05, 0.1) is 43.0 Å². The molecule has 2 aliphatic heterocycles. The van der Waals surface area contributed by atoms with E-state index in [0.717, 1.165) is 76.4 Å². The van der Waals surface area contributed by atoms with E-state index >= 15 is 0 Å². The Labute approximate surface area is 347 Å². The summed E-state index contributed by atoms with van der Waals surface area (Å²) in [4.78, 5) is 72.4. The van der Waals surface area contributed by atoms with Crippen LogP contribution in [0.3, 0.4) is 0 Å². The van der Waals surface area contributed by atoms with Crippen LogP contribution in [-0.4, -0.2) is 92.6 Å². The molecule has 4 N–H and O–H groups in total. The molecule has 4 amide bonds. The number of methoxy groups -OCH3 is 2. The molecule has 2 saturated heterocycles. The number of carbonyl (C=O) groups is 4. The lowest BCUT2D eigenvalue weighted by atomic mass is 9.95. The normalized spacial score (nSPS) is 21.1. The fourth-order valence-corrected chi connectivity index (χ4v) is 9.65. The van der Waals surface area contributed by atoms with Gasteiger partial charge in [-0.1, -0.05) is 81.8 Å². The number of likely N-dealkylation sites (tertiary alicyclic amines) is 2. The first-order valence-corrected chi connectivity index (χ1v) is 20.8. The van der Waals surface area contributed by atoms with Crippen molar-refractivity contribution in [3.8, 4) is 22.4 Å². The number of piperidine rings is 1. The van der Waals surface area contributed by atoms with Gasteiger partial charge >= 0.3 is 12.2 Å². The first-order valence-electron chi connectivity index (χ1n) is 20.5. The number of alkyl carbamates (subject to hydrolysis) is 2. The number of aromatic amines is 2. The molecule has 3 aromatic carbocycles. The van der Waals surface area contributed by atoms with Gasteiger partial charge in [-0.2, -0.15) is 0 Å². The van der Waals surface area contributed by atoms with E-state index in [9.17, 15) is 19.2 Å². The molecule has 5 aromatic rings. The van der Waals surface area contributed by atoms with Crippen LogP contribution in [0.15, 0.2) is 54.6 Å². The number of aromatic nitrogens is 4. The summed E-state index contributed by atoms with van der Waals surface area (Å²) in [5.41, 5.74) is 5.37. The number of benzene rings is 3. The van der Waals surface area contributed by atoms with Crippen LogP contribution in [0.4, 0.5) is 9.59 Å². The fraction of sp³-hybridized carbons (Fsp3) is 0.455. The Balaban J connectivity index is 1.02. The van der Waals surface area contributed by atoms with Crippen LogP contribution >= 0.6 is 11.6 Å². The molecule has 310 valence electrons. The highest BCUT2D eigenvalue weighted by Crippen LogP contribution is 2.50. The highest BCUT2D eigenvalue weighted by Gasteiger charge is 2.51. The van der Waals surface area contributed by atoms with Crippen molar-refractivity contribution in [2.45, 2.75) is 90.0 Å². The number of nitrogens with zero attached hydrogens (tertiary/aromatic N) is 4. The third-order valence-corrected chi connectivity index (χ3v) is 12.7. The van der Waals surface area contributed by atoms with Gasteiger partial charge in [0.15, 0.2) is 5.15 Å². The molecular formula is C44H51ClN8O6. The number of H-pyrrole nitrogens is 2. The highest BCUT2D eigenvalue weighted by atomic mass is 35.5. The molecule has 6 atom stereocenters. The summed E-state index contributed by atoms with van der Waals surface area (Å²) in [6, 6.07) is 16.8. The number of rotatable bonds is 10. The molecule has 1 aliphatic carbocycles. The summed E-state index contributed by atoms with van der Waals surface area (Å²) in [5.74, 6) is 1.15. The Morgan fingerprint density at radius 1 is 0.780 bits per heavy atom. The maximum absolute atomic E-state index is 14.1. The van der Waals surface area contributed by atoms with Gasteiger partial charge in [-0.05, 0) is 78.5 Å². The summed E-state index contributed by atoms with van der Waals surface area (Å²) in [6.45, 7) is 8.18. The average molecular weight is 823 g/mol. The molecule has 2 aromatic heterocycles. The van der Waals surface area contributed by atoms with E-state index in [4.69, 9.17) is 26.1 Å². The van der Waals surface area contributed by atoms with Gasteiger partial charge in [0, 0.05) is 23.5 Å². The molecule has 0 spiro atoms. The number of amides is 4. The number of imidazole rings is 2. The van der Waals surface area contributed by atoms with E-state index in [1.54, 1.807) is 4.90 Å². The maximum Gasteiger partial charge on any atom is 0.407 e. The standard InChI is InChI=1S/C44H51ClN8O6/c1-22(2)33(49-43(56)58-5)41(54)52-19-7-8-32(52)39-47-35(38(45)51-39)25-11-9-24(10-12-25)26-14-17-30-27(20-26)15-18-31-36(30)48-40(46-31)37-28-13-16-29(21-28)53(37)42(55)34(23(3)4)50-44(57)59-6/h9-12,14-15,17-18,20,22-23,28-29,32-34,37H,7-8,13,16,19,21H2,1-6H3,(H,46,48)(H,47,51)(H,49,56)(H,50,57)/t28-,29+,32-,33-,34-,37-/m0/s1. The summed E-state index contributed by atoms with van der Waals surface area (Å²) in [6.07, 6.45) is 3.16. The second-order valence-electron chi connectivity index (χ2n) is 16.7. The van der Waals surface area contributed by atoms with Crippen LogP contribution < -0.4 is 10.6 Å². The SMILES string of the molecule is COC(=O)N[C@H](C(=O)N1CCC[C@H]1c1nc(Cl)c(-c2ccc(-c3ccc4c(ccc5nc([C@@H]6[C@H]7CC[C@H](C7)N6C(=O)[C@@H](NC(=O)OC)C(C)C)[nH]c54)c3)cc2)[nH]1)C(C)C. The monoisotopic (exact) mass is 822 g/mol. The van der Waals surface area contributed by atoms with Crippen LogP contribution in [0.5, 0.6) is 0 Å². The molecule has 3 fully saturated rings. The summed E-state index contributed by atoms with van der Waals surface area (Å²) >= 11 is 6.72. The van der Waals surface area contributed by atoms with Crippen LogP contribution in [0.1, 0.15) is 83.5 Å². The van der Waals surface area contributed by atoms with Crippen molar-refractivity contribution in [1.82, 2.24) is 40.4 Å². The minimum Gasteiger partial charge on any atom is -0.453 e. The van der Waals surface area contributed by atoms with Gasteiger partial charge in [0.1, 0.15) is 23.7 Å². The van der Waals surface area contributed by atoms with Crippen LogP contribution in [0.25, 0.3) is 44.2 Å². The van der Waals surface area contributed by atoms with Crippen molar-refractivity contribution in [2.75, 3.05) is 20.8 Å². The second kappa shape index (κ2) is 16.2. The number of ether oxygens (including phenoxy) is 2. The topological polar surface area (TPSA) is 175 Å². The zero-order valence-corrected chi connectivity index (χ0v) is 34.9. The summed E-state index contributed by atoms with van der Waals surface area (Å²) in [7, 11) is 2.59. The molecule has 4 heterocycles. The number of fused-ring (bicyclic) bond motifs is 5. The van der Waals surface area contributed by atoms with E-state index in [1.165, 1.54) is 14.2 Å². The van der Waals surface area contributed by atoms with Gasteiger partial charge in [0.25, 0.3) is 0 Å². The summed E-state index contributed by atoms with van der Waals surface area (Å²) in [5, 5.41) is 7.86. The quantitative estimate of drug-likeness (QED) is 0.110. The van der Waals surface area contributed by atoms with Gasteiger partial charge in [-0.25, -0.2) is 19.6 Å². The smallest absolute Gasteiger partial charge is 0.407 e. The highest BCUT2D eigenvalue weighted by molar-refractivity contribution is 6.32. The summed E-state index contributed by atoms with van der Waals surface area (Å²) < 4.78 is 9.61. The number of halogens is 1. The Morgan fingerprint density at radius 2 is 1.44 bits per heavy atom. The number of carbonyl (C=O) groups excluding carboxylic acids is 4. The number of hydrogen-bond acceptors (Lipinski definition) is 8. The number of nitrogens with one attached hydrogen (secondary N) is 4. The first-order chi connectivity index (χ1) is 28.4. The van der Waals surface area contributed by atoms with E-state index < -0.39 is 24.3 Å². The van der Waals surface area contributed by atoms with Crippen molar-refractivity contribution in [1.29, 1.82) is 0 Å². The van der Waals surface area contributed by atoms with Crippen LogP contribution in [0, 0.1) is 17.8 Å². The second-order valence-corrected chi connectivity index (χ2v) is 17.1. The van der Waals surface area contributed by atoms with Crippen LogP contribution in [0.2, 0.25) is 5.15 Å². The average Bonchev–Trinajstić information content (AvgIpc) is 4.09. The molecule has 0 radical (unpaired) electrons. The fourth-order valence-electron chi connectivity index (χ4n) is 9.41. The van der Waals surface area contributed by atoms with E-state index in [1.807, 2.05) is 50.8 Å². The first kappa shape index (κ1) is 40.2. The van der Waals surface area contributed by atoms with E-state index in [-0.39, 0.29) is 41.8 Å². The lowest BCUT2D eigenvalue weighted by molar-refractivity contribution is -0.139. The van der Waals surface area contributed by atoms with E-state index in [2.05, 4.69) is 62.0 Å². The Morgan fingerprint density at radius 3 is 2.12 bits per heavy atom. The molecule has 14 nitrogen and oxygen atoms in total. The predicted octanol–water partition coefficient (Wildman–Crippen LogP) is 7.90. The van der Waals surface area contributed by atoms with E-state index in [0.29, 0.717) is 29.1 Å². The van der Waals surface area contributed by atoms with Gasteiger partial charge in [-0.3, -0.25) is 9.59 Å². The molecule has 15 heteroatoms. The zero-order chi connectivity index (χ0) is 41.7. The molecule has 2 bridgehead atoms. The molecule has 1 saturated carbocycles. The zero-order valence-electron chi connectivity index (χ0n) is 34.2. The van der Waals surface area contributed by atoms with Crippen molar-refractivity contribution >= 4 is 57.4 Å². The minimum atomic E-state index is -0.726. The Kier molecular flexibility index (Phi) is 11.0. The van der Waals surface area contributed by atoms with Crippen molar-refractivity contribution in [3.05, 3.63) is 71.4 Å². The van der Waals surface area contributed by atoms with Gasteiger partial charge in [0.2, 0.25) is 11.8 Å². The third-order valence-electron chi connectivity index (χ3n) is 12.4. The van der Waals surface area contributed by atoms with Gasteiger partial charge in [-0.15, -0.1) is 0 Å². The largest absolute Gasteiger partial charge is 0.453 e. The van der Waals surface area contributed by atoms with Crippen molar-refractivity contribution < 1.29 is 28.7 Å². The lowest BCUT2D eigenvalue weighted by Gasteiger charge is -2.37. The van der Waals surface area contributed by atoms with Gasteiger partial charge < -0.3 is 39.9 Å². The molecular weight excluding hydrogens is 772 g/mol. The maximum atomic E-state index is 14.1. The van der Waals surface area contributed by atoms with Crippen molar-refractivity contribution in [2.24, 2.45) is 17.8 Å². The lowest BCUT2D eigenvalue weighted by Crippen LogP contribution is -2.54. The predicted molar refractivity (Wildman–Crippen MR) is 224 cm³/mol. The molecule has 0 unspecified atom stereocenters. The Bertz CT molecular complexity index is 2410. The Hall–Kier alpha value is -5.63. The van der Waals surface area contributed by atoms with Crippen molar-refractivity contribution in [3.63, 3.8) is 0 Å². The minimum absolute atomic E-state index is 0.0996. The number of hydrogen-bond donors (Lipinski definition) is 4. The third kappa shape index (κ3) is 7.47. The molecule has 8 rings (SSSR count). The molecule has 59 heavy (non-hydrogen) atoms. The van der Waals surface area contributed by atoms with Crippen LogP contribution in [-0.2, 0) is 19.1 Å².